The highest BCUT2D eigenvalue weighted by Gasteiger charge is 2.36. The molecule has 0 bridgehead atoms. The average molecular weight is 1310 g/mol. The lowest BCUT2D eigenvalue weighted by Gasteiger charge is -2.33. The van der Waals surface area contributed by atoms with Crippen LogP contribution in [0.3, 0.4) is 0 Å². The third kappa shape index (κ3) is 12.7. The molecule has 2 fully saturated rings. The summed E-state index contributed by atoms with van der Waals surface area (Å²) in [4.78, 5) is 25.9. The van der Waals surface area contributed by atoms with Crippen LogP contribution in [0.4, 0.5) is 8.78 Å². The van der Waals surface area contributed by atoms with Crippen LogP contribution in [0.2, 0.25) is 20.1 Å². The molecule has 0 N–H and O–H groups in total. The van der Waals surface area contributed by atoms with Gasteiger partial charge in [-0.2, -0.15) is 13.5 Å². The lowest BCUT2D eigenvalue weighted by molar-refractivity contribution is 0.176. The van der Waals surface area contributed by atoms with Crippen LogP contribution in [0.15, 0.2) is 113 Å². The number of aliphatic imine (C=N–C) groups is 1. The van der Waals surface area contributed by atoms with E-state index in [0.717, 1.165) is 57.4 Å². The minimum absolute atomic E-state index is 0. The summed E-state index contributed by atoms with van der Waals surface area (Å²) in [6, 6.07) is 27.3. The molecule has 2 aliphatic heterocycles. The van der Waals surface area contributed by atoms with Crippen molar-refractivity contribution in [2.45, 2.75) is 108 Å². The van der Waals surface area contributed by atoms with Gasteiger partial charge in [-0.1, -0.05) is 132 Å². The molecule has 80 heavy (non-hydrogen) atoms. The van der Waals surface area contributed by atoms with Crippen LogP contribution in [-0.2, 0) is 6.42 Å². The summed E-state index contributed by atoms with van der Waals surface area (Å²) in [5, 5.41) is 5.52. The molecule has 416 valence electrons. The first-order valence-electron chi connectivity index (χ1n) is 25.9. The van der Waals surface area contributed by atoms with E-state index >= 15 is 0 Å². The van der Waals surface area contributed by atoms with E-state index in [1.54, 1.807) is 40.9 Å². The highest BCUT2D eigenvalue weighted by molar-refractivity contribution is 9.10. The van der Waals surface area contributed by atoms with Crippen molar-refractivity contribution in [1.82, 2.24) is 24.5 Å². The molecule has 4 aromatic heterocycles. The lowest BCUT2D eigenvalue weighted by Crippen LogP contribution is -2.36. The Balaban J connectivity index is 0.000000136. The van der Waals surface area contributed by atoms with E-state index in [1.807, 2.05) is 65.5 Å². The maximum absolute atomic E-state index is 14.9. The molecular weight excluding hydrogens is 1250 g/mol. The molecule has 13 rings (SSSR count). The number of fused-ring (bicyclic) bond motifs is 7. The number of para-hydroxylation sites is 2. The highest BCUT2D eigenvalue weighted by atomic mass is 79.9. The van der Waals surface area contributed by atoms with Crippen LogP contribution in [0.1, 0.15) is 122 Å². The van der Waals surface area contributed by atoms with Crippen molar-refractivity contribution >= 4 is 153 Å². The van der Waals surface area contributed by atoms with E-state index in [9.17, 15) is 8.78 Å². The van der Waals surface area contributed by atoms with E-state index in [2.05, 4.69) is 92.9 Å². The molecule has 6 heterocycles. The fourth-order valence-corrected chi connectivity index (χ4v) is 15.9. The molecule has 8 nitrogen and oxygen atoms in total. The summed E-state index contributed by atoms with van der Waals surface area (Å²) in [5.41, 5.74) is 8.51. The zero-order chi connectivity index (χ0) is 55.8. The number of aromatic nitrogens is 5. The molecule has 2 saturated carbocycles. The van der Waals surface area contributed by atoms with Gasteiger partial charge in [-0.25, -0.2) is 33.7 Å². The average Bonchev–Trinajstić information content (AvgIpc) is 4.34. The van der Waals surface area contributed by atoms with Crippen molar-refractivity contribution < 1.29 is 18.3 Å². The smallest absolute Gasteiger partial charge is 0.226 e. The van der Waals surface area contributed by atoms with Gasteiger partial charge in [0.1, 0.15) is 23.1 Å². The van der Waals surface area contributed by atoms with Crippen LogP contribution in [0, 0.1) is 11.6 Å². The molecule has 4 atom stereocenters. The maximum atomic E-state index is 14.9. The van der Waals surface area contributed by atoms with E-state index in [-0.39, 0.29) is 44.7 Å². The van der Waals surface area contributed by atoms with Crippen LogP contribution >= 0.6 is 114 Å². The van der Waals surface area contributed by atoms with Crippen LogP contribution in [-0.4, -0.2) is 53.9 Å². The summed E-state index contributed by atoms with van der Waals surface area (Å²) in [5.74, 6) is 1.11. The standard InChI is InChI=1S/C21H14BrCl2FN2OS.C21H13Cl2FN2OS.C18H28N2P2.H2S/c22-14-4-3-12(23)5-11(14)6-16-19-15(25)7-13(24)8-17(19)28-20(27-16)18-9-26-21(29-18)10-1-2-10;22-12-3-4-15-11(5-12)6-16-19-14(24)7-13(23)8-17(19)27-21(26(15)16)18-9-25-20(28-18)10-1-2-10;1-17(2,3)21(7)15-16(22(8)18(4,5)6)20-14-12-10-9-11-13(14)19-15;/h3-5,7-10,20H,1-2,6H2;3-10,21H,1-2H2;9-12H,1-8H3;1H2/t;21-;21-,22-;/m.00./s1. The minimum Gasteiger partial charge on any atom is -0.464 e. The van der Waals surface area contributed by atoms with Crippen LogP contribution in [0.25, 0.3) is 33.2 Å². The fraction of sp³-hybridized carbons (Fsp3) is 0.317. The zero-order valence-corrected chi connectivity index (χ0v) is 54.0. The van der Waals surface area contributed by atoms with Gasteiger partial charge in [0.05, 0.1) is 69.7 Å². The summed E-state index contributed by atoms with van der Waals surface area (Å²) in [6.07, 6.45) is 7.84. The van der Waals surface area contributed by atoms with Crippen molar-refractivity contribution in [3.05, 3.63) is 170 Å². The van der Waals surface area contributed by atoms with Gasteiger partial charge in [0, 0.05) is 60.6 Å². The van der Waals surface area contributed by atoms with E-state index in [1.165, 1.54) is 48.7 Å². The molecule has 5 aromatic carbocycles. The summed E-state index contributed by atoms with van der Waals surface area (Å²) in [6.45, 7) is 18.6. The third-order valence-corrected chi connectivity index (χ3v) is 24.5. The Hall–Kier alpha value is -3.78. The molecule has 0 saturated heterocycles. The number of hydrogen-bond acceptors (Lipinski definition) is 9. The Morgan fingerprint density at radius 1 is 0.650 bits per heavy atom. The molecule has 2 aliphatic carbocycles. The Morgan fingerprint density at radius 3 is 1.75 bits per heavy atom. The number of benzene rings is 5. The maximum Gasteiger partial charge on any atom is 0.226 e. The summed E-state index contributed by atoms with van der Waals surface area (Å²) >= 11 is 31.4. The third-order valence-electron chi connectivity index (χ3n) is 14.3. The van der Waals surface area contributed by atoms with Crippen molar-refractivity contribution in [1.29, 1.82) is 0 Å². The molecule has 0 spiro atoms. The number of halogens is 7. The van der Waals surface area contributed by atoms with E-state index in [0.29, 0.717) is 61.7 Å². The van der Waals surface area contributed by atoms with Gasteiger partial charge in [0.2, 0.25) is 12.5 Å². The largest absolute Gasteiger partial charge is 0.464 e. The van der Waals surface area contributed by atoms with Crippen molar-refractivity contribution in [2.24, 2.45) is 4.99 Å². The Bertz CT molecular complexity index is 3800. The summed E-state index contributed by atoms with van der Waals surface area (Å²) in [7, 11) is -0.695. The second kappa shape index (κ2) is 23.7. The van der Waals surface area contributed by atoms with Crippen molar-refractivity contribution in [3.8, 4) is 22.8 Å². The minimum atomic E-state index is -0.571. The molecule has 1 unspecified atom stereocenters. The van der Waals surface area contributed by atoms with Crippen LogP contribution in [0.5, 0.6) is 11.5 Å². The van der Waals surface area contributed by atoms with Crippen molar-refractivity contribution in [3.63, 3.8) is 0 Å². The number of nitrogens with zero attached hydrogens (tertiary/aromatic N) is 6. The fourth-order valence-electron chi connectivity index (χ4n) is 9.23. The van der Waals surface area contributed by atoms with Gasteiger partial charge in [-0.05, 0) is 134 Å². The summed E-state index contributed by atoms with van der Waals surface area (Å²) < 4.78 is 44.9. The van der Waals surface area contributed by atoms with Crippen molar-refractivity contribution in [2.75, 3.05) is 13.3 Å². The number of rotatable bonds is 8. The second-order valence-electron chi connectivity index (χ2n) is 22.1. The zero-order valence-electron chi connectivity index (χ0n) is 45.0. The first-order chi connectivity index (χ1) is 37.6. The van der Waals surface area contributed by atoms with Gasteiger partial charge < -0.3 is 9.47 Å². The quantitative estimate of drug-likeness (QED) is 0.141. The molecule has 0 radical (unpaired) electrons. The topological polar surface area (TPSA) is 87.3 Å². The van der Waals surface area contributed by atoms with Gasteiger partial charge in [0.25, 0.3) is 0 Å². The molecule has 9 aromatic rings. The Kier molecular flexibility index (Phi) is 17.6. The van der Waals surface area contributed by atoms with E-state index in [4.69, 9.17) is 70.8 Å². The monoisotopic (exact) mass is 1310 g/mol. The van der Waals surface area contributed by atoms with Gasteiger partial charge in [0.15, 0.2) is 0 Å². The molecular formula is C60H57BrCl4F2N6O2P2S3. The first kappa shape index (κ1) is 59.4. The second-order valence-corrected chi connectivity index (χ2v) is 32.7. The van der Waals surface area contributed by atoms with E-state index < -0.39 is 24.1 Å². The Morgan fingerprint density at radius 2 is 1.18 bits per heavy atom. The SMILES string of the molecule is C[P@@](c1nc2ccccc2nc1[P@](C)C(C)(C)C)C(C)(C)C.Fc1cc(Cl)cc2c1-c1cc3cc(Cl)ccc3n1[C@H](c1cnc(C3CC3)s1)O2.Fc1cc(Cl)cc2c1C(Cc1cc(Cl)ccc1Br)=NC(c1cnc(C3CC3)s1)O2.S. The predicted molar refractivity (Wildman–Crippen MR) is 343 cm³/mol. The van der Waals surface area contributed by atoms with Gasteiger partial charge in [-0.3, -0.25) is 4.57 Å². The molecule has 4 aliphatic rings. The normalized spacial score (nSPS) is 17.3. The Labute approximate surface area is 511 Å². The predicted octanol–water partition coefficient (Wildman–Crippen LogP) is 19.2. The molecule has 20 heteroatoms. The number of ether oxygens (including phenoxy) is 2. The lowest BCUT2D eigenvalue weighted by atomic mass is 9.99. The first-order valence-corrected chi connectivity index (χ1v) is 33.4. The number of hydrogen-bond donors (Lipinski definition) is 0. The van der Waals surface area contributed by atoms with Gasteiger partial charge in [-0.15, -0.1) is 22.7 Å². The van der Waals surface area contributed by atoms with Gasteiger partial charge >= 0.3 is 0 Å². The number of thiazole rings is 2. The molecule has 0 amide bonds. The van der Waals surface area contributed by atoms with Crippen LogP contribution < -0.4 is 20.3 Å². The highest BCUT2D eigenvalue weighted by Crippen LogP contribution is 2.52.